The molecule has 0 saturated heterocycles. The monoisotopic (exact) mass is 261 g/mol. The predicted octanol–water partition coefficient (Wildman–Crippen LogP) is 2.98. The van der Waals surface area contributed by atoms with E-state index in [0.29, 0.717) is 19.3 Å². The van der Waals surface area contributed by atoms with Crippen LogP contribution in [0.2, 0.25) is 0 Å². The van der Waals surface area contributed by atoms with Gasteiger partial charge in [-0.2, -0.15) is 11.3 Å². The Hall–Kier alpha value is -1.52. The first-order valence-corrected chi connectivity index (χ1v) is 6.89. The molecule has 1 N–H and O–H groups in total. The molecule has 2 aromatic rings. The molecular weight excluding hydrogens is 246 g/mol. The van der Waals surface area contributed by atoms with Crippen molar-refractivity contribution >= 4 is 11.3 Å². The number of ether oxygens (including phenoxy) is 2. The van der Waals surface area contributed by atoms with E-state index in [1.165, 1.54) is 11.1 Å². The van der Waals surface area contributed by atoms with E-state index in [1.807, 2.05) is 19.2 Å². The summed E-state index contributed by atoms with van der Waals surface area (Å²) in [5.74, 6) is 1.79. The fraction of sp³-hybridized carbons (Fsp3) is 0.286. The van der Waals surface area contributed by atoms with Crippen molar-refractivity contribution in [2.24, 2.45) is 0 Å². The molecule has 1 aliphatic heterocycles. The van der Waals surface area contributed by atoms with Crippen molar-refractivity contribution in [3.63, 3.8) is 0 Å². The van der Waals surface area contributed by atoms with Gasteiger partial charge in [0.2, 0.25) is 0 Å². The molecule has 3 rings (SSSR count). The number of hydrogen-bond acceptors (Lipinski definition) is 4. The van der Waals surface area contributed by atoms with Crippen LogP contribution in [0.3, 0.4) is 0 Å². The number of benzene rings is 1. The molecular formula is C14H15NO2S. The summed E-state index contributed by atoms with van der Waals surface area (Å²) in [6.07, 6.45) is 0. The lowest BCUT2D eigenvalue weighted by atomic mass is 10.1. The molecule has 4 heteroatoms. The van der Waals surface area contributed by atoms with E-state index in [-0.39, 0.29) is 0 Å². The standard InChI is InChI=1S/C14H15NO2S/c1-15-13-8-17-14-6-11(2-3-12(13)14)16-7-10-4-5-18-9-10/h2-6,9,13,15H,7-8H2,1H3. The second-order valence-electron chi connectivity index (χ2n) is 4.27. The lowest BCUT2D eigenvalue weighted by molar-refractivity contribution is 0.299. The van der Waals surface area contributed by atoms with E-state index in [4.69, 9.17) is 9.47 Å². The summed E-state index contributed by atoms with van der Waals surface area (Å²) >= 11 is 1.69. The second kappa shape index (κ2) is 5.00. The zero-order chi connectivity index (χ0) is 12.4. The average Bonchev–Trinajstić information content (AvgIpc) is 3.05. The minimum atomic E-state index is 0.297. The third kappa shape index (κ3) is 2.21. The van der Waals surface area contributed by atoms with Gasteiger partial charge in [-0.3, -0.25) is 0 Å². The molecule has 1 aromatic carbocycles. The van der Waals surface area contributed by atoms with Crippen molar-refractivity contribution in [3.05, 3.63) is 46.2 Å². The number of fused-ring (bicyclic) bond motifs is 1. The van der Waals surface area contributed by atoms with Gasteiger partial charge in [0.05, 0.1) is 6.04 Å². The molecule has 18 heavy (non-hydrogen) atoms. The Kier molecular flexibility index (Phi) is 3.21. The number of thiophene rings is 1. The summed E-state index contributed by atoms with van der Waals surface area (Å²) in [7, 11) is 1.95. The van der Waals surface area contributed by atoms with E-state index >= 15 is 0 Å². The van der Waals surface area contributed by atoms with Crippen molar-refractivity contribution < 1.29 is 9.47 Å². The summed E-state index contributed by atoms with van der Waals surface area (Å²) in [4.78, 5) is 0. The van der Waals surface area contributed by atoms with Crippen molar-refractivity contribution in [2.75, 3.05) is 13.7 Å². The van der Waals surface area contributed by atoms with E-state index in [0.717, 1.165) is 11.5 Å². The van der Waals surface area contributed by atoms with E-state index in [9.17, 15) is 0 Å². The Morgan fingerprint density at radius 1 is 1.44 bits per heavy atom. The highest BCUT2D eigenvalue weighted by Gasteiger charge is 2.22. The number of rotatable bonds is 4. The SMILES string of the molecule is CNC1COc2cc(OCc3ccsc3)ccc21. The maximum atomic E-state index is 5.75. The highest BCUT2D eigenvalue weighted by molar-refractivity contribution is 7.07. The second-order valence-corrected chi connectivity index (χ2v) is 5.05. The lowest BCUT2D eigenvalue weighted by Crippen LogP contribution is -2.17. The van der Waals surface area contributed by atoms with Gasteiger partial charge in [-0.25, -0.2) is 0 Å². The molecule has 0 fully saturated rings. The summed E-state index contributed by atoms with van der Waals surface area (Å²) in [5.41, 5.74) is 2.41. The van der Waals surface area contributed by atoms with Crippen LogP contribution >= 0.6 is 11.3 Å². The van der Waals surface area contributed by atoms with E-state index in [2.05, 4.69) is 28.2 Å². The van der Waals surface area contributed by atoms with Crippen molar-refractivity contribution in [1.29, 1.82) is 0 Å². The minimum absolute atomic E-state index is 0.297. The normalized spacial score (nSPS) is 17.3. The zero-order valence-electron chi connectivity index (χ0n) is 10.2. The van der Waals surface area contributed by atoms with Crippen molar-refractivity contribution in [2.45, 2.75) is 12.6 Å². The molecule has 0 bridgehead atoms. The van der Waals surface area contributed by atoms with E-state index < -0.39 is 0 Å². The molecule has 3 nitrogen and oxygen atoms in total. The Morgan fingerprint density at radius 2 is 2.39 bits per heavy atom. The van der Waals surface area contributed by atoms with Gasteiger partial charge in [-0.05, 0) is 41.6 Å². The van der Waals surface area contributed by atoms with Gasteiger partial charge in [0.1, 0.15) is 24.7 Å². The number of likely N-dealkylation sites (N-methyl/N-ethyl adjacent to an activating group) is 1. The quantitative estimate of drug-likeness (QED) is 0.917. The van der Waals surface area contributed by atoms with Gasteiger partial charge in [0, 0.05) is 11.6 Å². The van der Waals surface area contributed by atoms with Crippen LogP contribution in [0.5, 0.6) is 11.5 Å². The molecule has 94 valence electrons. The molecule has 0 spiro atoms. The molecule has 1 aromatic heterocycles. The third-order valence-corrected chi connectivity index (χ3v) is 3.83. The summed E-state index contributed by atoms with van der Waals surface area (Å²) in [6.45, 7) is 1.30. The Labute approximate surface area is 110 Å². The molecule has 1 aliphatic rings. The molecule has 0 saturated carbocycles. The van der Waals surface area contributed by atoms with Crippen LogP contribution in [0, 0.1) is 0 Å². The lowest BCUT2D eigenvalue weighted by Gasteiger charge is -2.08. The highest BCUT2D eigenvalue weighted by Crippen LogP contribution is 2.35. The zero-order valence-corrected chi connectivity index (χ0v) is 11.0. The van der Waals surface area contributed by atoms with Gasteiger partial charge in [-0.1, -0.05) is 0 Å². The summed E-state index contributed by atoms with van der Waals surface area (Å²) in [6, 6.07) is 8.42. The molecule has 0 radical (unpaired) electrons. The Morgan fingerprint density at radius 3 is 3.17 bits per heavy atom. The highest BCUT2D eigenvalue weighted by atomic mass is 32.1. The molecule has 0 aliphatic carbocycles. The summed E-state index contributed by atoms with van der Waals surface area (Å²) < 4.78 is 11.4. The van der Waals surface area contributed by atoms with Gasteiger partial charge in [-0.15, -0.1) is 0 Å². The van der Waals surface area contributed by atoms with Crippen LogP contribution < -0.4 is 14.8 Å². The minimum Gasteiger partial charge on any atom is -0.491 e. The first kappa shape index (κ1) is 11.6. The fourth-order valence-corrected chi connectivity index (χ4v) is 2.71. The molecule has 1 atom stereocenters. The number of nitrogens with one attached hydrogen (secondary N) is 1. The molecule has 2 heterocycles. The number of hydrogen-bond donors (Lipinski definition) is 1. The van der Waals surface area contributed by atoms with Gasteiger partial charge in [0.15, 0.2) is 0 Å². The van der Waals surface area contributed by atoms with Crippen molar-refractivity contribution in [1.82, 2.24) is 5.32 Å². The van der Waals surface area contributed by atoms with Crippen LogP contribution in [0.25, 0.3) is 0 Å². The first-order valence-electron chi connectivity index (χ1n) is 5.94. The van der Waals surface area contributed by atoms with Crippen LogP contribution in [-0.4, -0.2) is 13.7 Å². The molecule has 0 amide bonds. The predicted molar refractivity (Wildman–Crippen MR) is 72.4 cm³/mol. The summed E-state index contributed by atoms with van der Waals surface area (Å²) in [5, 5.41) is 7.39. The smallest absolute Gasteiger partial charge is 0.127 e. The van der Waals surface area contributed by atoms with E-state index in [1.54, 1.807) is 11.3 Å². The third-order valence-electron chi connectivity index (χ3n) is 3.10. The largest absolute Gasteiger partial charge is 0.491 e. The van der Waals surface area contributed by atoms with Crippen LogP contribution in [-0.2, 0) is 6.61 Å². The van der Waals surface area contributed by atoms with Gasteiger partial charge >= 0.3 is 0 Å². The van der Waals surface area contributed by atoms with Crippen molar-refractivity contribution in [3.8, 4) is 11.5 Å². The fourth-order valence-electron chi connectivity index (χ4n) is 2.06. The topological polar surface area (TPSA) is 30.5 Å². The maximum absolute atomic E-state index is 5.75. The Balaban J connectivity index is 1.71. The maximum Gasteiger partial charge on any atom is 0.127 e. The molecule has 1 unspecified atom stereocenters. The van der Waals surface area contributed by atoms with Gasteiger partial charge in [0.25, 0.3) is 0 Å². The van der Waals surface area contributed by atoms with Gasteiger partial charge < -0.3 is 14.8 Å². The van der Waals surface area contributed by atoms with Crippen LogP contribution in [0.1, 0.15) is 17.2 Å². The Bertz CT molecular complexity index is 525. The average molecular weight is 261 g/mol. The van der Waals surface area contributed by atoms with Crippen LogP contribution in [0.15, 0.2) is 35.0 Å². The van der Waals surface area contributed by atoms with Crippen LogP contribution in [0.4, 0.5) is 0 Å². The first-order chi connectivity index (χ1) is 8.86.